The van der Waals surface area contributed by atoms with Crippen molar-refractivity contribution in [1.29, 1.82) is 0 Å². The van der Waals surface area contributed by atoms with Crippen LogP contribution in [0.1, 0.15) is 41.3 Å². The van der Waals surface area contributed by atoms with Crippen molar-refractivity contribution < 1.29 is 19.2 Å². The van der Waals surface area contributed by atoms with Gasteiger partial charge in [-0.05, 0) is 65.2 Å². The third kappa shape index (κ3) is 4.28. The van der Waals surface area contributed by atoms with Crippen LogP contribution >= 0.6 is 15.9 Å². The summed E-state index contributed by atoms with van der Waals surface area (Å²) < 4.78 is 0.553. The van der Waals surface area contributed by atoms with Crippen molar-refractivity contribution in [3.05, 3.63) is 63.6 Å². The first kappa shape index (κ1) is 21.7. The predicted molar refractivity (Wildman–Crippen MR) is 116 cm³/mol. The Morgan fingerprint density at radius 2 is 1.77 bits per heavy atom. The van der Waals surface area contributed by atoms with E-state index in [4.69, 9.17) is 0 Å². The molecule has 0 aromatic heterocycles. The molecule has 2 aromatic rings. The summed E-state index contributed by atoms with van der Waals surface area (Å²) in [6.45, 7) is 5.39. The second-order valence-electron chi connectivity index (χ2n) is 7.17. The molecule has 0 aliphatic carbocycles. The number of nitrogens with zero attached hydrogens (tertiary/aromatic N) is 2. The number of halogens is 1. The molecule has 0 bridgehead atoms. The van der Waals surface area contributed by atoms with Crippen molar-refractivity contribution in [2.45, 2.75) is 39.7 Å². The molecule has 3 rings (SSSR count). The summed E-state index contributed by atoms with van der Waals surface area (Å²) >= 11 is 3.31. The molecule has 1 N–H and O–H groups in total. The van der Waals surface area contributed by atoms with E-state index in [9.17, 15) is 19.2 Å². The quantitative estimate of drug-likeness (QED) is 0.547. The van der Waals surface area contributed by atoms with Crippen molar-refractivity contribution in [2.24, 2.45) is 0 Å². The zero-order chi connectivity index (χ0) is 22.0. The van der Waals surface area contributed by atoms with Crippen LogP contribution in [0.5, 0.6) is 0 Å². The molecule has 7 nitrogen and oxygen atoms in total. The first-order valence-corrected chi connectivity index (χ1v) is 10.3. The lowest BCUT2D eigenvalue weighted by Gasteiger charge is -2.27. The zero-order valence-corrected chi connectivity index (χ0v) is 18.5. The lowest BCUT2D eigenvalue weighted by atomic mass is 10.1. The molecule has 2 aromatic carbocycles. The molecule has 4 amide bonds. The second-order valence-corrected chi connectivity index (χ2v) is 8.03. The molecule has 156 valence electrons. The summed E-state index contributed by atoms with van der Waals surface area (Å²) in [5, 5.41) is 0.991. The van der Waals surface area contributed by atoms with Crippen molar-refractivity contribution in [1.82, 2.24) is 10.4 Å². The van der Waals surface area contributed by atoms with E-state index in [1.54, 1.807) is 43.3 Å². The number of benzene rings is 2. The van der Waals surface area contributed by atoms with Crippen LogP contribution in [0.4, 0.5) is 5.69 Å². The van der Waals surface area contributed by atoms with Gasteiger partial charge in [-0.15, -0.1) is 0 Å². The predicted octanol–water partition coefficient (Wildman–Crippen LogP) is 3.28. The standard InChI is InChI=1S/C22H22BrN3O4/c1-4-19(27)26(24-21(29)16-7-5-6-8-17(16)23)18-12-20(28)25(22(18)30)15-10-13(2)9-14(3)11-15/h5-11,18H,4,12H2,1-3H3,(H,24,29). The topological polar surface area (TPSA) is 86.8 Å². The Bertz CT molecular complexity index is 1020. The molecule has 1 aliphatic rings. The molecular weight excluding hydrogens is 450 g/mol. The van der Waals surface area contributed by atoms with E-state index >= 15 is 0 Å². The fraction of sp³-hybridized carbons (Fsp3) is 0.273. The van der Waals surface area contributed by atoms with Crippen LogP contribution in [0.3, 0.4) is 0 Å². The number of carbonyl (C=O) groups is 4. The lowest BCUT2D eigenvalue weighted by Crippen LogP contribution is -2.54. The Balaban J connectivity index is 1.90. The van der Waals surface area contributed by atoms with Crippen LogP contribution in [0.15, 0.2) is 46.9 Å². The summed E-state index contributed by atoms with van der Waals surface area (Å²) in [7, 11) is 0. The van der Waals surface area contributed by atoms with Gasteiger partial charge < -0.3 is 0 Å². The van der Waals surface area contributed by atoms with E-state index < -0.39 is 29.7 Å². The number of anilines is 1. The van der Waals surface area contributed by atoms with E-state index in [0.29, 0.717) is 15.7 Å². The molecular formula is C22H22BrN3O4. The van der Waals surface area contributed by atoms with Gasteiger partial charge in [0, 0.05) is 10.9 Å². The molecule has 1 unspecified atom stereocenters. The summed E-state index contributed by atoms with van der Waals surface area (Å²) in [5.41, 5.74) is 5.13. The molecule has 30 heavy (non-hydrogen) atoms. The zero-order valence-electron chi connectivity index (χ0n) is 16.9. The maximum atomic E-state index is 13.1. The third-order valence-electron chi connectivity index (χ3n) is 4.81. The average Bonchev–Trinajstić information content (AvgIpc) is 2.98. The number of rotatable bonds is 4. The molecule has 0 spiro atoms. The van der Waals surface area contributed by atoms with Crippen LogP contribution < -0.4 is 10.3 Å². The van der Waals surface area contributed by atoms with Gasteiger partial charge in [-0.1, -0.05) is 25.1 Å². The van der Waals surface area contributed by atoms with Gasteiger partial charge in [0.15, 0.2) is 0 Å². The molecule has 8 heteroatoms. The fourth-order valence-corrected chi connectivity index (χ4v) is 3.93. The smallest absolute Gasteiger partial charge is 0.271 e. The van der Waals surface area contributed by atoms with Crippen molar-refractivity contribution in [3.63, 3.8) is 0 Å². The van der Waals surface area contributed by atoms with Gasteiger partial charge in [0.1, 0.15) is 6.04 Å². The van der Waals surface area contributed by atoms with E-state index in [2.05, 4.69) is 21.4 Å². The van der Waals surface area contributed by atoms with Gasteiger partial charge in [0.05, 0.1) is 17.7 Å². The summed E-state index contributed by atoms with van der Waals surface area (Å²) in [5.74, 6) is -1.96. The highest BCUT2D eigenvalue weighted by Crippen LogP contribution is 2.27. The van der Waals surface area contributed by atoms with Crippen LogP contribution in [-0.4, -0.2) is 34.7 Å². The van der Waals surface area contributed by atoms with Gasteiger partial charge in [-0.2, -0.15) is 0 Å². The molecule has 1 fully saturated rings. The largest absolute Gasteiger partial charge is 0.274 e. The first-order valence-electron chi connectivity index (χ1n) is 9.55. The summed E-state index contributed by atoms with van der Waals surface area (Å²) in [4.78, 5) is 52.2. The van der Waals surface area contributed by atoms with Crippen LogP contribution in [0.2, 0.25) is 0 Å². The van der Waals surface area contributed by atoms with Gasteiger partial charge in [-0.3, -0.25) is 24.6 Å². The Morgan fingerprint density at radius 1 is 1.13 bits per heavy atom. The highest BCUT2D eigenvalue weighted by Gasteiger charge is 2.45. The molecule has 1 atom stereocenters. The van der Waals surface area contributed by atoms with Gasteiger partial charge in [0.25, 0.3) is 11.8 Å². The lowest BCUT2D eigenvalue weighted by molar-refractivity contribution is -0.140. The van der Waals surface area contributed by atoms with Gasteiger partial charge in [0.2, 0.25) is 11.8 Å². The third-order valence-corrected chi connectivity index (χ3v) is 5.50. The highest BCUT2D eigenvalue weighted by atomic mass is 79.9. The number of carbonyl (C=O) groups excluding carboxylic acids is 4. The highest BCUT2D eigenvalue weighted by molar-refractivity contribution is 9.10. The number of nitrogens with one attached hydrogen (secondary N) is 1. The number of hydrogen-bond acceptors (Lipinski definition) is 4. The Kier molecular flexibility index (Phi) is 6.36. The molecule has 1 saturated heterocycles. The van der Waals surface area contributed by atoms with Crippen LogP contribution in [-0.2, 0) is 14.4 Å². The van der Waals surface area contributed by atoms with E-state index in [0.717, 1.165) is 21.0 Å². The van der Waals surface area contributed by atoms with E-state index in [1.165, 1.54) is 0 Å². The van der Waals surface area contributed by atoms with Crippen LogP contribution in [0.25, 0.3) is 0 Å². The normalized spacial score (nSPS) is 16.0. The summed E-state index contributed by atoms with van der Waals surface area (Å²) in [6.07, 6.45) is -0.133. The Morgan fingerprint density at radius 3 is 2.37 bits per heavy atom. The second kappa shape index (κ2) is 8.79. The monoisotopic (exact) mass is 471 g/mol. The first-order chi connectivity index (χ1) is 14.2. The van der Waals surface area contributed by atoms with Gasteiger partial charge in [-0.25, -0.2) is 9.91 Å². The van der Waals surface area contributed by atoms with Crippen LogP contribution in [0, 0.1) is 13.8 Å². The number of imide groups is 1. The Hall–Kier alpha value is -3.00. The summed E-state index contributed by atoms with van der Waals surface area (Å²) in [6, 6.07) is 11.1. The average molecular weight is 472 g/mol. The molecule has 0 radical (unpaired) electrons. The molecule has 1 heterocycles. The number of hydrogen-bond donors (Lipinski definition) is 1. The Labute approximate surface area is 183 Å². The number of amides is 4. The minimum atomic E-state index is -1.10. The number of aryl methyl sites for hydroxylation is 2. The van der Waals surface area contributed by atoms with E-state index in [1.807, 2.05) is 19.9 Å². The number of hydrazine groups is 1. The van der Waals surface area contributed by atoms with Crippen molar-refractivity contribution in [3.8, 4) is 0 Å². The maximum absolute atomic E-state index is 13.1. The van der Waals surface area contributed by atoms with Gasteiger partial charge >= 0.3 is 0 Å². The molecule has 0 saturated carbocycles. The minimum absolute atomic E-state index is 0.0672. The minimum Gasteiger partial charge on any atom is -0.274 e. The maximum Gasteiger partial charge on any atom is 0.271 e. The SMILES string of the molecule is CCC(=O)N(NC(=O)c1ccccc1Br)C1CC(=O)N(c2cc(C)cc(C)c2)C1=O. The van der Waals surface area contributed by atoms with Crippen molar-refractivity contribution in [2.75, 3.05) is 4.90 Å². The fourth-order valence-electron chi connectivity index (χ4n) is 3.47. The van der Waals surface area contributed by atoms with E-state index in [-0.39, 0.29) is 12.8 Å². The molecule has 1 aliphatic heterocycles. The van der Waals surface area contributed by atoms with Crippen molar-refractivity contribution >= 4 is 45.2 Å².